The number of rotatable bonds is 9. The highest BCUT2D eigenvalue weighted by Gasteiger charge is 2.34. The van der Waals surface area contributed by atoms with Crippen LogP contribution in [-0.4, -0.2) is 36.5 Å². The predicted molar refractivity (Wildman–Crippen MR) is 125 cm³/mol. The third-order valence-corrected chi connectivity index (χ3v) is 5.14. The minimum atomic E-state index is -0.643. The summed E-state index contributed by atoms with van der Waals surface area (Å²) in [5, 5.41) is 2.57. The highest BCUT2D eigenvalue weighted by Crippen LogP contribution is 2.30. The lowest BCUT2D eigenvalue weighted by Gasteiger charge is -2.13. The Labute approximate surface area is 201 Å². The molecule has 3 amide bonds. The van der Waals surface area contributed by atoms with E-state index in [4.69, 9.17) is 13.9 Å². The predicted octanol–water partition coefficient (Wildman–Crippen LogP) is 4.14. The first-order valence-corrected chi connectivity index (χ1v) is 10.9. The molecule has 1 saturated heterocycles. The molecule has 9 heteroatoms. The van der Waals surface area contributed by atoms with Crippen molar-refractivity contribution in [2.24, 2.45) is 0 Å². The van der Waals surface area contributed by atoms with Gasteiger partial charge < -0.3 is 23.9 Å². The number of imide groups is 1. The summed E-state index contributed by atoms with van der Waals surface area (Å²) >= 11 is 0. The molecule has 0 aliphatic carbocycles. The SMILES string of the molecule is CCOc1cc(C=C2NC(=O)N(Cc3ccc(C(=O)OC)o3)C2=O)ccc1OCc1ccccc1. The van der Waals surface area contributed by atoms with Gasteiger partial charge in [-0.15, -0.1) is 0 Å². The number of furan rings is 1. The van der Waals surface area contributed by atoms with Gasteiger partial charge >= 0.3 is 12.0 Å². The zero-order valence-corrected chi connectivity index (χ0v) is 19.3. The summed E-state index contributed by atoms with van der Waals surface area (Å²) in [7, 11) is 1.23. The minimum absolute atomic E-state index is 0.0108. The van der Waals surface area contributed by atoms with Gasteiger partial charge in [0, 0.05) is 0 Å². The van der Waals surface area contributed by atoms with Crippen LogP contribution in [0.5, 0.6) is 11.5 Å². The van der Waals surface area contributed by atoms with Crippen molar-refractivity contribution in [2.45, 2.75) is 20.1 Å². The largest absolute Gasteiger partial charge is 0.490 e. The Kier molecular flexibility index (Phi) is 7.15. The molecule has 9 nitrogen and oxygen atoms in total. The summed E-state index contributed by atoms with van der Waals surface area (Å²) in [6, 6.07) is 17.4. The van der Waals surface area contributed by atoms with Crippen molar-refractivity contribution in [3.8, 4) is 11.5 Å². The van der Waals surface area contributed by atoms with Crippen molar-refractivity contribution in [1.29, 1.82) is 0 Å². The fourth-order valence-corrected chi connectivity index (χ4v) is 3.45. The molecule has 0 unspecified atom stereocenters. The minimum Gasteiger partial charge on any atom is -0.490 e. The van der Waals surface area contributed by atoms with E-state index in [9.17, 15) is 14.4 Å². The monoisotopic (exact) mass is 476 g/mol. The third kappa shape index (κ3) is 5.52. The van der Waals surface area contributed by atoms with E-state index >= 15 is 0 Å². The molecule has 1 aromatic heterocycles. The number of esters is 1. The van der Waals surface area contributed by atoms with Gasteiger partial charge in [0.15, 0.2) is 11.5 Å². The summed E-state index contributed by atoms with van der Waals surface area (Å²) in [6.07, 6.45) is 1.56. The Morgan fingerprint density at radius 1 is 1.03 bits per heavy atom. The van der Waals surface area contributed by atoms with Gasteiger partial charge in [-0.3, -0.25) is 9.69 Å². The second kappa shape index (κ2) is 10.6. The Bertz CT molecular complexity index is 1260. The first-order valence-electron chi connectivity index (χ1n) is 10.9. The van der Waals surface area contributed by atoms with E-state index in [1.807, 2.05) is 37.3 Å². The fourth-order valence-electron chi connectivity index (χ4n) is 3.45. The summed E-state index contributed by atoms with van der Waals surface area (Å²) in [4.78, 5) is 37.8. The fraction of sp³-hybridized carbons (Fsp3) is 0.192. The molecule has 0 saturated carbocycles. The van der Waals surface area contributed by atoms with Crippen molar-refractivity contribution in [3.05, 3.63) is 89.0 Å². The van der Waals surface area contributed by atoms with Crippen LogP contribution in [0.2, 0.25) is 0 Å². The number of amides is 3. The summed E-state index contributed by atoms with van der Waals surface area (Å²) in [6.45, 7) is 2.55. The molecule has 2 heterocycles. The molecule has 1 N–H and O–H groups in total. The lowest BCUT2D eigenvalue weighted by Crippen LogP contribution is -2.30. The second-order valence-corrected chi connectivity index (χ2v) is 7.55. The molecule has 2 aromatic carbocycles. The van der Waals surface area contributed by atoms with E-state index in [2.05, 4.69) is 10.1 Å². The van der Waals surface area contributed by atoms with Gasteiger partial charge in [-0.25, -0.2) is 9.59 Å². The number of benzene rings is 2. The van der Waals surface area contributed by atoms with Crippen LogP contribution in [0.4, 0.5) is 4.79 Å². The molecule has 35 heavy (non-hydrogen) atoms. The number of urea groups is 1. The molecule has 0 bridgehead atoms. The van der Waals surface area contributed by atoms with E-state index in [1.165, 1.54) is 19.2 Å². The lowest BCUT2D eigenvalue weighted by atomic mass is 10.1. The maximum absolute atomic E-state index is 12.8. The first kappa shape index (κ1) is 23.6. The van der Waals surface area contributed by atoms with Crippen LogP contribution in [0.3, 0.4) is 0 Å². The lowest BCUT2D eigenvalue weighted by molar-refractivity contribution is -0.123. The van der Waals surface area contributed by atoms with Crippen LogP contribution >= 0.6 is 0 Å². The maximum Gasteiger partial charge on any atom is 0.373 e. The van der Waals surface area contributed by atoms with Gasteiger partial charge in [-0.05, 0) is 48.4 Å². The van der Waals surface area contributed by atoms with Crippen LogP contribution in [0.15, 0.2) is 70.8 Å². The van der Waals surface area contributed by atoms with Crippen LogP contribution in [0, 0.1) is 0 Å². The van der Waals surface area contributed by atoms with Crippen LogP contribution in [-0.2, 0) is 22.7 Å². The number of ether oxygens (including phenoxy) is 3. The Morgan fingerprint density at radius 2 is 1.83 bits per heavy atom. The number of nitrogens with zero attached hydrogens (tertiary/aromatic N) is 1. The van der Waals surface area contributed by atoms with Crippen LogP contribution < -0.4 is 14.8 Å². The molecule has 1 aliphatic heterocycles. The van der Waals surface area contributed by atoms with Gasteiger partial charge in [0.25, 0.3) is 5.91 Å². The van der Waals surface area contributed by atoms with E-state index in [0.717, 1.165) is 10.5 Å². The van der Waals surface area contributed by atoms with E-state index in [0.29, 0.717) is 30.3 Å². The van der Waals surface area contributed by atoms with Crippen molar-refractivity contribution in [3.63, 3.8) is 0 Å². The molecule has 1 aliphatic rings. The average molecular weight is 476 g/mol. The Morgan fingerprint density at radius 3 is 2.57 bits per heavy atom. The number of methoxy groups -OCH3 is 1. The summed E-state index contributed by atoms with van der Waals surface area (Å²) in [5.41, 5.74) is 1.78. The van der Waals surface area contributed by atoms with Crippen LogP contribution in [0.25, 0.3) is 6.08 Å². The molecule has 0 atom stereocenters. The molecular formula is C26H24N2O7. The molecule has 3 aromatic rings. The highest BCUT2D eigenvalue weighted by atomic mass is 16.5. The molecule has 0 radical (unpaired) electrons. The quantitative estimate of drug-likeness (QED) is 0.281. The van der Waals surface area contributed by atoms with Gasteiger partial charge in [-0.1, -0.05) is 36.4 Å². The first-order chi connectivity index (χ1) is 17.0. The van der Waals surface area contributed by atoms with Crippen molar-refractivity contribution >= 4 is 24.0 Å². The van der Waals surface area contributed by atoms with Crippen molar-refractivity contribution < 1.29 is 33.0 Å². The highest BCUT2D eigenvalue weighted by molar-refractivity contribution is 6.13. The van der Waals surface area contributed by atoms with Gasteiger partial charge in [0.05, 0.1) is 20.3 Å². The topological polar surface area (TPSA) is 107 Å². The number of hydrogen-bond donors (Lipinski definition) is 1. The van der Waals surface area contributed by atoms with E-state index in [-0.39, 0.29) is 23.8 Å². The van der Waals surface area contributed by atoms with E-state index < -0.39 is 17.9 Å². The third-order valence-electron chi connectivity index (χ3n) is 5.14. The standard InChI is InChI=1S/C26H24N2O7/c1-3-33-23-14-18(9-11-21(23)34-16-17-7-5-4-6-8-17)13-20-24(29)28(26(31)27-20)15-19-10-12-22(35-19)25(30)32-2/h4-14H,3,15-16H2,1-2H3,(H,27,31). The van der Waals surface area contributed by atoms with Crippen molar-refractivity contribution in [2.75, 3.05) is 13.7 Å². The van der Waals surface area contributed by atoms with Gasteiger partial charge in [0.2, 0.25) is 5.76 Å². The summed E-state index contributed by atoms with van der Waals surface area (Å²) < 4.78 is 21.6. The van der Waals surface area contributed by atoms with Crippen molar-refractivity contribution in [1.82, 2.24) is 10.2 Å². The van der Waals surface area contributed by atoms with Gasteiger partial charge in [0.1, 0.15) is 18.1 Å². The smallest absolute Gasteiger partial charge is 0.373 e. The molecule has 180 valence electrons. The number of carbonyl (C=O) groups excluding carboxylic acids is 3. The Hall–Kier alpha value is -4.53. The zero-order chi connectivity index (χ0) is 24.8. The molecule has 1 fully saturated rings. The van der Waals surface area contributed by atoms with E-state index in [1.54, 1.807) is 24.3 Å². The number of hydrogen-bond acceptors (Lipinski definition) is 7. The average Bonchev–Trinajstić information content (AvgIpc) is 3.44. The summed E-state index contributed by atoms with van der Waals surface area (Å²) in [5.74, 6) is 0.193. The zero-order valence-electron chi connectivity index (χ0n) is 19.3. The second-order valence-electron chi connectivity index (χ2n) is 7.55. The Balaban J connectivity index is 1.48. The molecule has 0 spiro atoms. The normalized spacial score (nSPS) is 14.2. The number of carbonyl (C=O) groups is 3. The maximum atomic E-state index is 12.8. The number of nitrogens with one attached hydrogen (secondary N) is 1. The molecule has 4 rings (SSSR count). The molecular weight excluding hydrogens is 452 g/mol. The van der Waals surface area contributed by atoms with Gasteiger partial charge in [-0.2, -0.15) is 0 Å². The van der Waals surface area contributed by atoms with Crippen LogP contribution in [0.1, 0.15) is 34.4 Å².